The Morgan fingerprint density at radius 3 is 2.38 bits per heavy atom. The molecule has 9 nitrogen and oxygen atoms in total. The lowest BCUT2D eigenvalue weighted by molar-refractivity contribution is -0.138. The number of fused-ring (bicyclic) bond motifs is 3. The van der Waals surface area contributed by atoms with E-state index in [4.69, 9.17) is 14.2 Å². The Morgan fingerprint density at radius 1 is 1.12 bits per heavy atom. The van der Waals surface area contributed by atoms with E-state index in [-0.39, 0.29) is 17.0 Å². The van der Waals surface area contributed by atoms with Crippen LogP contribution in [0.15, 0.2) is 29.1 Å². The van der Waals surface area contributed by atoms with Crippen LogP contribution in [0.4, 0.5) is 5.69 Å². The number of aryl methyl sites for hydroxylation is 1. The SMILES string of the molecule is CCC(Nc1ccc2c(cc1=O)C(NC(C)=O)CCc1cc(OC)c(OC)c(OC)c1-2)C(=O)O. The van der Waals surface area contributed by atoms with Crippen molar-refractivity contribution in [3.05, 3.63) is 45.6 Å². The van der Waals surface area contributed by atoms with Gasteiger partial charge in [-0.05, 0) is 54.2 Å². The van der Waals surface area contributed by atoms with E-state index >= 15 is 0 Å². The van der Waals surface area contributed by atoms with Gasteiger partial charge in [0.2, 0.25) is 17.1 Å². The van der Waals surface area contributed by atoms with Gasteiger partial charge in [0.1, 0.15) is 6.04 Å². The van der Waals surface area contributed by atoms with Crippen LogP contribution in [0.25, 0.3) is 11.1 Å². The van der Waals surface area contributed by atoms with Gasteiger partial charge >= 0.3 is 5.97 Å². The minimum atomic E-state index is -1.05. The van der Waals surface area contributed by atoms with Crippen LogP contribution in [-0.4, -0.2) is 44.4 Å². The number of methoxy groups -OCH3 is 3. The van der Waals surface area contributed by atoms with Gasteiger partial charge in [-0.1, -0.05) is 13.0 Å². The molecule has 0 aromatic heterocycles. The van der Waals surface area contributed by atoms with Crippen LogP contribution >= 0.6 is 0 Å². The topological polar surface area (TPSA) is 123 Å². The number of anilines is 1. The highest BCUT2D eigenvalue weighted by molar-refractivity contribution is 5.84. The third kappa shape index (κ3) is 4.78. The Balaban J connectivity index is 2.34. The Labute approximate surface area is 198 Å². The van der Waals surface area contributed by atoms with Crippen molar-refractivity contribution in [2.75, 3.05) is 26.6 Å². The summed E-state index contributed by atoms with van der Waals surface area (Å²) in [5.41, 5.74) is 2.71. The van der Waals surface area contributed by atoms with Crippen molar-refractivity contribution in [1.29, 1.82) is 0 Å². The summed E-state index contributed by atoms with van der Waals surface area (Å²) in [4.78, 5) is 36.7. The molecule has 0 saturated heterocycles. The average molecular weight is 471 g/mol. The number of carboxylic acid groups (broad SMARTS) is 1. The van der Waals surface area contributed by atoms with Gasteiger partial charge in [0.25, 0.3) is 0 Å². The largest absolute Gasteiger partial charge is 0.493 e. The number of ether oxygens (including phenoxy) is 3. The predicted molar refractivity (Wildman–Crippen MR) is 128 cm³/mol. The molecular weight excluding hydrogens is 440 g/mol. The third-order valence-corrected chi connectivity index (χ3v) is 5.95. The first-order chi connectivity index (χ1) is 16.2. The summed E-state index contributed by atoms with van der Waals surface area (Å²) in [5, 5.41) is 15.2. The van der Waals surface area contributed by atoms with Crippen molar-refractivity contribution in [2.24, 2.45) is 0 Å². The van der Waals surface area contributed by atoms with E-state index in [0.717, 1.165) is 11.1 Å². The summed E-state index contributed by atoms with van der Waals surface area (Å²) in [6, 6.07) is 5.31. The number of carboxylic acids is 1. The maximum absolute atomic E-state index is 13.2. The monoisotopic (exact) mass is 470 g/mol. The van der Waals surface area contributed by atoms with Gasteiger partial charge in [0, 0.05) is 12.5 Å². The van der Waals surface area contributed by atoms with Gasteiger partial charge in [0.15, 0.2) is 11.5 Å². The lowest BCUT2D eigenvalue weighted by Crippen LogP contribution is -2.30. The maximum Gasteiger partial charge on any atom is 0.326 e. The average Bonchev–Trinajstić information content (AvgIpc) is 3.04. The molecular formula is C25H30N2O7. The Morgan fingerprint density at radius 2 is 1.82 bits per heavy atom. The van der Waals surface area contributed by atoms with Crippen LogP contribution in [0.5, 0.6) is 17.2 Å². The highest BCUT2D eigenvalue weighted by Gasteiger charge is 2.29. The highest BCUT2D eigenvalue weighted by Crippen LogP contribution is 2.50. The Kier molecular flexibility index (Phi) is 7.65. The van der Waals surface area contributed by atoms with Gasteiger partial charge in [-0.15, -0.1) is 0 Å². The lowest BCUT2D eigenvalue weighted by Gasteiger charge is -2.19. The zero-order valence-corrected chi connectivity index (χ0v) is 20.0. The molecule has 1 aliphatic carbocycles. The second-order valence-corrected chi connectivity index (χ2v) is 8.04. The zero-order valence-electron chi connectivity index (χ0n) is 20.0. The van der Waals surface area contributed by atoms with Crippen molar-refractivity contribution in [3.63, 3.8) is 0 Å². The first-order valence-corrected chi connectivity index (χ1v) is 11.0. The van der Waals surface area contributed by atoms with E-state index in [1.807, 2.05) is 6.07 Å². The van der Waals surface area contributed by atoms with E-state index in [1.54, 1.807) is 26.2 Å². The molecule has 3 rings (SSSR count). The Bertz CT molecular complexity index is 1160. The molecule has 34 heavy (non-hydrogen) atoms. The van der Waals surface area contributed by atoms with Crippen LogP contribution in [0.3, 0.4) is 0 Å². The van der Waals surface area contributed by atoms with Crippen molar-refractivity contribution < 1.29 is 28.9 Å². The molecule has 2 unspecified atom stereocenters. The molecule has 182 valence electrons. The number of aliphatic carboxylic acids is 1. The molecule has 2 aromatic rings. The molecule has 0 saturated carbocycles. The molecule has 0 bridgehead atoms. The van der Waals surface area contributed by atoms with Gasteiger partial charge in [-0.2, -0.15) is 0 Å². The fraction of sp³-hybridized carbons (Fsp3) is 0.400. The normalized spacial score (nSPS) is 15.1. The van der Waals surface area contributed by atoms with Crippen molar-refractivity contribution in [2.45, 2.75) is 45.2 Å². The minimum Gasteiger partial charge on any atom is -0.493 e. The number of hydrogen-bond donors (Lipinski definition) is 3. The van der Waals surface area contributed by atoms with Crippen LogP contribution in [0.1, 0.15) is 43.9 Å². The molecule has 0 aliphatic heterocycles. The van der Waals surface area contributed by atoms with Crippen LogP contribution < -0.4 is 30.3 Å². The number of rotatable bonds is 8. The molecule has 1 aliphatic rings. The van der Waals surface area contributed by atoms with Crippen molar-refractivity contribution >= 4 is 17.6 Å². The molecule has 0 fully saturated rings. The van der Waals surface area contributed by atoms with E-state index in [0.29, 0.717) is 47.6 Å². The number of hydrogen-bond acceptors (Lipinski definition) is 7. The summed E-state index contributed by atoms with van der Waals surface area (Å²) in [6.45, 7) is 3.15. The fourth-order valence-electron chi connectivity index (χ4n) is 4.35. The zero-order chi connectivity index (χ0) is 25.0. The van der Waals surface area contributed by atoms with Crippen LogP contribution in [-0.2, 0) is 16.0 Å². The lowest BCUT2D eigenvalue weighted by atomic mass is 9.95. The summed E-state index contributed by atoms with van der Waals surface area (Å²) in [7, 11) is 4.59. The molecule has 3 N–H and O–H groups in total. The second-order valence-electron chi connectivity index (χ2n) is 8.04. The van der Waals surface area contributed by atoms with Gasteiger partial charge in [-0.25, -0.2) is 4.79 Å². The number of carbonyl (C=O) groups excluding carboxylic acids is 1. The molecule has 0 spiro atoms. The second kappa shape index (κ2) is 10.5. The molecule has 2 aromatic carbocycles. The van der Waals surface area contributed by atoms with Crippen molar-refractivity contribution in [3.8, 4) is 28.4 Å². The highest BCUT2D eigenvalue weighted by atomic mass is 16.5. The number of carbonyl (C=O) groups is 2. The number of nitrogens with one attached hydrogen (secondary N) is 2. The standard InChI is InChI=1S/C25H30N2O7/c1-6-17(25(30)31)27-19-10-8-15-16(12-20(19)29)18(26-13(2)28)9-7-14-11-21(32-3)23(33-4)24(34-5)22(14)15/h8,10-12,17-18H,6-7,9H2,1-5H3,(H,26,28)(H,27,29)(H,30,31). The van der Waals surface area contributed by atoms with E-state index in [9.17, 15) is 19.5 Å². The fourth-order valence-corrected chi connectivity index (χ4v) is 4.35. The van der Waals surface area contributed by atoms with Gasteiger partial charge in [-0.3, -0.25) is 9.59 Å². The first kappa shape index (κ1) is 24.9. The van der Waals surface area contributed by atoms with E-state index < -0.39 is 18.1 Å². The van der Waals surface area contributed by atoms with E-state index in [1.165, 1.54) is 27.2 Å². The smallest absolute Gasteiger partial charge is 0.326 e. The number of benzene rings is 1. The summed E-state index contributed by atoms with van der Waals surface area (Å²) >= 11 is 0. The van der Waals surface area contributed by atoms with Crippen LogP contribution in [0, 0.1) is 0 Å². The molecule has 1 amide bonds. The molecule has 0 radical (unpaired) electrons. The third-order valence-electron chi connectivity index (χ3n) is 5.95. The molecule has 0 heterocycles. The quantitative estimate of drug-likeness (QED) is 0.538. The maximum atomic E-state index is 13.2. The van der Waals surface area contributed by atoms with Gasteiger partial charge in [0.05, 0.1) is 33.1 Å². The van der Waals surface area contributed by atoms with Gasteiger partial charge < -0.3 is 30.0 Å². The minimum absolute atomic E-state index is 0.157. The molecule has 2 atom stereocenters. The van der Waals surface area contributed by atoms with E-state index in [2.05, 4.69) is 10.6 Å². The predicted octanol–water partition coefficient (Wildman–Crippen LogP) is 3.14. The molecule has 9 heteroatoms. The summed E-state index contributed by atoms with van der Waals surface area (Å²) < 4.78 is 16.8. The Hall–Kier alpha value is -3.75. The van der Waals surface area contributed by atoms with Crippen molar-refractivity contribution in [1.82, 2.24) is 5.32 Å². The van der Waals surface area contributed by atoms with Crippen LogP contribution in [0.2, 0.25) is 0 Å². The number of amides is 1. The summed E-state index contributed by atoms with van der Waals surface area (Å²) in [6.07, 6.45) is 1.43. The first-order valence-electron chi connectivity index (χ1n) is 11.0. The summed E-state index contributed by atoms with van der Waals surface area (Å²) in [5.74, 6) is 0.105.